The second-order valence-electron chi connectivity index (χ2n) is 31.2. The van der Waals surface area contributed by atoms with E-state index in [0.717, 1.165) is 65.6 Å². The molecule has 0 unspecified atom stereocenters. The molecular formula is C76H106F8N12O13. The van der Waals surface area contributed by atoms with Gasteiger partial charge < -0.3 is 64.8 Å². The van der Waals surface area contributed by atoms with E-state index in [2.05, 4.69) is 16.0 Å². The van der Waals surface area contributed by atoms with Gasteiger partial charge in [0.25, 0.3) is 0 Å². The molecule has 12 amide bonds. The molecule has 2 aromatic rings. The lowest BCUT2D eigenvalue weighted by molar-refractivity contribution is -0.158. The van der Waals surface area contributed by atoms with Crippen LogP contribution in [0.15, 0.2) is 48.6 Å². The number of nitrogens with one attached hydrogen (secondary N) is 3. The minimum absolute atomic E-state index is 0.00477. The van der Waals surface area contributed by atoms with E-state index in [-0.39, 0.29) is 63.8 Å². The number of alkyl halides is 6. The number of halogens is 8. The number of carbonyl (C=O) groups excluding carboxylic acids is 12. The van der Waals surface area contributed by atoms with E-state index in [1.165, 1.54) is 59.1 Å². The van der Waals surface area contributed by atoms with Gasteiger partial charge in [-0.3, -0.25) is 57.5 Å². The Morgan fingerprint density at radius 1 is 0.670 bits per heavy atom. The predicted molar refractivity (Wildman–Crippen MR) is 383 cm³/mol. The lowest BCUT2D eigenvalue weighted by Gasteiger charge is -2.46. The van der Waals surface area contributed by atoms with E-state index >= 15 is 47.1 Å². The van der Waals surface area contributed by atoms with Gasteiger partial charge in [0.2, 0.25) is 70.9 Å². The Morgan fingerprint density at radius 3 is 1.83 bits per heavy atom. The van der Waals surface area contributed by atoms with Crippen molar-refractivity contribution in [3.05, 3.63) is 82.4 Å². The molecule has 10 atom stereocenters. The minimum atomic E-state index is -5.46. The molecule has 3 aliphatic heterocycles. The second kappa shape index (κ2) is 36.4. The number of hydrogen-bond donors (Lipinski definition) is 3. The largest absolute Gasteiger partial charge is 0.422 e. The first-order valence-electron chi connectivity index (χ1n) is 37.1. The van der Waals surface area contributed by atoms with Crippen molar-refractivity contribution >= 4 is 70.9 Å². The predicted octanol–water partition coefficient (Wildman–Crippen LogP) is 6.13. The molecule has 604 valence electrons. The van der Waals surface area contributed by atoms with Crippen LogP contribution in [0.4, 0.5) is 35.1 Å². The third-order valence-electron chi connectivity index (χ3n) is 21.8. The van der Waals surface area contributed by atoms with E-state index in [1.54, 1.807) is 32.9 Å². The van der Waals surface area contributed by atoms with Crippen LogP contribution in [0.2, 0.25) is 0 Å². The summed E-state index contributed by atoms with van der Waals surface area (Å²) < 4.78 is 120. The van der Waals surface area contributed by atoms with Crippen LogP contribution in [0.3, 0.4) is 0 Å². The van der Waals surface area contributed by atoms with E-state index in [0.29, 0.717) is 50.7 Å². The highest BCUT2D eigenvalue weighted by atomic mass is 19.4. The molecule has 2 saturated carbocycles. The fourth-order valence-corrected chi connectivity index (χ4v) is 15.1. The van der Waals surface area contributed by atoms with Crippen molar-refractivity contribution in [1.29, 1.82) is 0 Å². The number of likely N-dealkylation sites (N-methyl/N-ethyl adjacent to an activating group) is 7. The first-order valence-corrected chi connectivity index (χ1v) is 37.1. The highest BCUT2D eigenvalue weighted by Crippen LogP contribution is 2.40. The van der Waals surface area contributed by atoms with Gasteiger partial charge in [-0.2, -0.15) is 26.3 Å². The molecule has 109 heavy (non-hydrogen) atoms. The van der Waals surface area contributed by atoms with Crippen LogP contribution in [0.25, 0.3) is 0 Å². The molecule has 4 fully saturated rings. The van der Waals surface area contributed by atoms with Crippen LogP contribution in [0.5, 0.6) is 0 Å². The summed E-state index contributed by atoms with van der Waals surface area (Å²) in [5.41, 5.74) is -5.93. The molecule has 2 bridgehead atoms. The molecule has 2 aromatic carbocycles. The monoisotopic (exact) mass is 1550 g/mol. The van der Waals surface area contributed by atoms with Crippen molar-refractivity contribution in [3.63, 3.8) is 0 Å². The average molecular weight is 1550 g/mol. The fourth-order valence-electron chi connectivity index (χ4n) is 15.1. The van der Waals surface area contributed by atoms with Gasteiger partial charge in [-0.1, -0.05) is 78.2 Å². The first-order chi connectivity index (χ1) is 50.9. The Hall–Kier alpha value is -8.78. The summed E-state index contributed by atoms with van der Waals surface area (Å²) in [4.78, 5) is 191. The summed E-state index contributed by atoms with van der Waals surface area (Å²) in [5, 5.41) is 8.28. The maximum atomic E-state index is 15.5. The molecule has 2 aliphatic carbocycles. The van der Waals surface area contributed by atoms with E-state index in [4.69, 9.17) is 4.74 Å². The van der Waals surface area contributed by atoms with Crippen LogP contribution < -0.4 is 16.0 Å². The van der Waals surface area contributed by atoms with Crippen molar-refractivity contribution in [2.75, 3.05) is 89.2 Å². The number of amides is 12. The van der Waals surface area contributed by atoms with Gasteiger partial charge in [0, 0.05) is 88.9 Å². The summed E-state index contributed by atoms with van der Waals surface area (Å²) in [6.07, 6.45) is -7.53. The van der Waals surface area contributed by atoms with Gasteiger partial charge in [0.15, 0.2) is 0 Å². The Kier molecular flexibility index (Phi) is 29.2. The lowest BCUT2D eigenvalue weighted by Crippen LogP contribution is -2.68. The Bertz CT molecular complexity index is 3690. The standard InChI is InChI=1S/C76H106F8N12O13/c1-15-44(3)62-70(106)90(10)43-60(99)91(11)53-25-18-17-21-34-95(69(53)105)56(37-45-26-29-48(30-27-45)75(79,80)81)68(104)89(9)42-58(97)85-52(31-28-46-35-50(77)61(51(78)36-46)76(82,83)84)66(102)96-41-49(109-16-2)38-54(96)65(101)87-74(32-22-33-74)72(108)94(14)63(47-23-19-20-24-47)71(107)93(13)55(67(103)88(7)8)39-59(98)92(12)57(64(100)86-62)40-73(4,5)6/h17-18,26-27,29-30,35-36,44,47,49,52-57,62-63H,15-16,19-25,28,31-34,37-43H2,1-14H3,(H,85,97)(H,86,100)(H,87,101)/b18-17-/t44-,49+,52+,53-,54-,55-,56-,57-,62-,63-/m0/s1. The number of carbonyl (C=O) groups is 12. The smallest absolute Gasteiger partial charge is 0.377 e. The highest BCUT2D eigenvalue weighted by molar-refractivity contribution is 6.01. The second-order valence-corrected chi connectivity index (χ2v) is 31.2. The van der Waals surface area contributed by atoms with Crippen molar-refractivity contribution in [2.45, 2.75) is 217 Å². The van der Waals surface area contributed by atoms with Gasteiger partial charge in [0.05, 0.1) is 31.2 Å². The number of aryl methyl sites for hydroxylation is 1. The average Bonchev–Trinajstić information content (AvgIpc) is 1.69. The molecule has 0 radical (unpaired) electrons. The van der Waals surface area contributed by atoms with E-state index in [1.807, 2.05) is 20.8 Å². The number of hydrogen-bond acceptors (Lipinski definition) is 13. The van der Waals surface area contributed by atoms with Crippen LogP contribution >= 0.6 is 0 Å². The topological polar surface area (TPSA) is 279 Å². The summed E-state index contributed by atoms with van der Waals surface area (Å²) >= 11 is 0. The number of fused-ring (bicyclic) bond motifs is 3. The van der Waals surface area contributed by atoms with Gasteiger partial charge in [-0.05, 0) is 124 Å². The number of benzene rings is 2. The Balaban J connectivity index is 1.36. The number of rotatable bonds is 12. The Labute approximate surface area is 631 Å². The van der Waals surface area contributed by atoms with Crippen LogP contribution in [-0.4, -0.2) is 264 Å². The maximum absolute atomic E-state index is 15.5. The fraction of sp³-hybridized carbons (Fsp3) is 0.658. The molecule has 25 nitrogen and oxygen atoms in total. The molecular weight excluding hydrogens is 1440 g/mol. The van der Waals surface area contributed by atoms with Gasteiger partial charge >= 0.3 is 12.4 Å². The summed E-state index contributed by atoms with van der Waals surface area (Å²) in [6, 6.07) is -7.39. The number of ether oxygens (including phenoxy) is 1. The molecule has 33 heteroatoms. The maximum Gasteiger partial charge on any atom is 0.422 e. The summed E-state index contributed by atoms with van der Waals surface area (Å²) in [6.45, 7) is 8.38. The minimum Gasteiger partial charge on any atom is -0.377 e. The quantitative estimate of drug-likeness (QED) is 0.160. The van der Waals surface area contributed by atoms with Gasteiger partial charge in [-0.15, -0.1) is 0 Å². The lowest BCUT2D eigenvalue weighted by atomic mass is 9.74. The zero-order valence-electron chi connectivity index (χ0n) is 64.7. The van der Waals surface area contributed by atoms with E-state index < -0.39 is 228 Å². The molecule has 1 spiro atoms. The van der Waals surface area contributed by atoms with Crippen molar-refractivity contribution < 1.29 is 97.4 Å². The van der Waals surface area contributed by atoms with Gasteiger partial charge in [0.1, 0.15) is 71.1 Å². The normalized spacial score (nSPS) is 26.1. The molecule has 5 aliphatic rings. The van der Waals surface area contributed by atoms with Crippen LogP contribution in [-0.2, 0) is 87.5 Å². The molecule has 0 aromatic heterocycles. The van der Waals surface area contributed by atoms with Crippen molar-refractivity contribution in [2.24, 2.45) is 17.3 Å². The molecule has 3 heterocycles. The highest BCUT2D eigenvalue weighted by Gasteiger charge is 2.54. The molecule has 2 saturated heterocycles. The zero-order valence-corrected chi connectivity index (χ0v) is 64.7. The third-order valence-corrected chi connectivity index (χ3v) is 21.8. The molecule has 7 rings (SSSR count). The third kappa shape index (κ3) is 21.2. The van der Waals surface area contributed by atoms with E-state index in [9.17, 15) is 45.5 Å². The molecule has 3 N–H and O–H groups in total. The van der Waals surface area contributed by atoms with Crippen LogP contribution in [0.1, 0.15) is 154 Å². The Morgan fingerprint density at radius 2 is 1.28 bits per heavy atom. The van der Waals surface area contributed by atoms with Crippen molar-refractivity contribution in [1.82, 2.24) is 60.0 Å². The SMILES string of the molecule is CCO[C@@H]1C[C@H]2C(=O)NC3(CCC3)C(=O)N(C)[C@@H](C3CCCC3)C(=O)N(C)[C@H](C(=O)N(C)C)CC(=O)N(C)[C@@H](CC(C)(C)C)C(=O)N[C@@H]([C@@H](C)CC)C(=O)N(C)CC(=O)N(C)[C@H]3C/C=C\CCN(C3=O)[C@@H](Cc3ccc(C(F)(F)F)cc3)C(=O)N(C)CC(=O)N[C@H](CCc3cc(F)c(C(F)(F)F)c(F)c3)C(=O)N2C1. The zero-order chi connectivity index (χ0) is 81.3. The van der Waals surface area contributed by atoms with Gasteiger partial charge in [-0.25, -0.2) is 8.78 Å². The summed E-state index contributed by atoms with van der Waals surface area (Å²) in [7, 11) is 10.7. The van der Waals surface area contributed by atoms with Crippen molar-refractivity contribution in [3.8, 4) is 0 Å². The number of nitrogens with zero attached hydrogens (tertiary/aromatic N) is 9. The first kappa shape index (κ1) is 87.4. The van der Waals surface area contributed by atoms with Crippen LogP contribution in [0, 0.1) is 28.9 Å². The summed E-state index contributed by atoms with van der Waals surface area (Å²) in [5.74, 6) is -15.2.